The third-order valence-corrected chi connectivity index (χ3v) is 4.15. The zero-order valence-corrected chi connectivity index (χ0v) is 12.4. The summed E-state index contributed by atoms with van der Waals surface area (Å²) in [6.07, 6.45) is 4.51. The predicted molar refractivity (Wildman–Crippen MR) is 77.7 cm³/mol. The summed E-state index contributed by atoms with van der Waals surface area (Å²) in [4.78, 5) is 8.72. The summed E-state index contributed by atoms with van der Waals surface area (Å²) in [6.45, 7) is 1.99. The first kappa shape index (κ1) is 13.5. The van der Waals surface area contributed by atoms with Gasteiger partial charge in [0.15, 0.2) is 0 Å². The van der Waals surface area contributed by atoms with Gasteiger partial charge in [-0.15, -0.1) is 0 Å². The van der Waals surface area contributed by atoms with Crippen molar-refractivity contribution in [3.05, 3.63) is 46.7 Å². The number of rotatable bonds is 4. The topological polar surface area (TPSA) is 51.8 Å². The van der Waals surface area contributed by atoms with Gasteiger partial charge in [0, 0.05) is 18.4 Å². The maximum Gasteiger partial charge on any atom is 0.116 e. The Morgan fingerprint density at radius 1 is 1.33 bits per heavy atom. The summed E-state index contributed by atoms with van der Waals surface area (Å²) in [5.41, 5.74) is 6.92. The normalized spacial score (nSPS) is 12.4. The molecule has 0 aliphatic rings. The average molecular weight is 324 g/mol. The molecular weight excluding hydrogens is 310 g/mol. The molecule has 0 bridgehead atoms. The Morgan fingerprint density at radius 2 is 2.17 bits per heavy atom. The van der Waals surface area contributed by atoms with Crippen molar-refractivity contribution in [3.63, 3.8) is 0 Å². The molecular formula is C13H14BrN3S. The first-order chi connectivity index (χ1) is 8.65. The van der Waals surface area contributed by atoms with Crippen LogP contribution in [0.1, 0.15) is 12.5 Å². The lowest BCUT2D eigenvalue weighted by Crippen LogP contribution is -2.17. The van der Waals surface area contributed by atoms with Crippen molar-refractivity contribution in [3.8, 4) is 0 Å². The largest absolute Gasteiger partial charge is 0.328 e. The van der Waals surface area contributed by atoms with Gasteiger partial charge >= 0.3 is 0 Å². The first-order valence-electron chi connectivity index (χ1n) is 5.64. The van der Waals surface area contributed by atoms with E-state index in [0.717, 1.165) is 26.5 Å². The van der Waals surface area contributed by atoms with Crippen LogP contribution in [-0.2, 0) is 6.42 Å². The van der Waals surface area contributed by atoms with Gasteiger partial charge in [-0.1, -0.05) is 6.07 Å². The van der Waals surface area contributed by atoms with Gasteiger partial charge in [-0.05, 0) is 64.8 Å². The number of hydrogen-bond donors (Lipinski definition) is 1. The molecule has 2 rings (SSSR count). The Morgan fingerprint density at radius 3 is 2.78 bits per heavy atom. The van der Waals surface area contributed by atoms with E-state index in [1.807, 2.05) is 31.3 Å². The number of hydrogen-bond acceptors (Lipinski definition) is 4. The van der Waals surface area contributed by atoms with Gasteiger partial charge in [0.2, 0.25) is 0 Å². The second-order valence-corrected chi connectivity index (χ2v) is 5.94. The summed E-state index contributed by atoms with van der Waals surface area (Å²) in [5.74, 6) is 0. The predicted octanol–water partition coefficient (Wildman–Crippen LogP) is 3.28. The van der Waals surface area contributed by atoms with Gasteiger partial charge in [0.05, 0.1) is 4.47 Å². The molecule has 2 aromatic rings. The van der Waals surface area contributed by atoms with Crippen LogP contribution in [0.15, 0.2) is 51.2 Å². The standard InChI is InChI=1S/C13H14BrN3S/c1-9(15)7-10-4-5-12(17-8-10)18-13-11(14)3-2-6-16-13/h2-6,8-9H,7,15H2,1H3. The van der Waals surface area contributed by atoms with Crippen LogP contribution in [0.5, 0.6) is 0 Å². The van der Waals surface area contributed by atoms with E-state index in [9.17, 15) is 0 Å². The number of halogens is 1. The van der Waals surface area contributed by atoms with E-state index in [0.29, 0.717) is 0 Å². The Bertz CT molecular complexity index is 514. The number of nitrogens with zero attached hydrogens (tertiary/aromatic N) is 2. The van der Waals surface area contributed by atoms with Crippen LogP contribution >= 0.6 is 27.7 Å². The van der Waals surface area contributed by atoms with Crippen LogP contribution in [-0.4, -0.2) is 16.0 Å². The molecule has 0 fully saturated rings. The molecule has 2 aromatic heterocycles. The van der Waals surface area contributed by atoms with Crippen LogP contribution in [0.2, 0.25) is 0 Å². The summed E-state index contributed by atoms with van der Waals surface area (Å²) in [7, 11) is 0. The van der Waals surface area contributed by atoms with E-state index >= 15 is 0 Å². The van der Waals surface area contributed by atoms with Crippen LogP contribution in [0.4, 0.5) is 0 Å². The first-order valence-corrected chi connectivity index (χ1v) is 7.25. The highest BCUT2D eigenvalue weighted by molar-refractivity contribution is 9.10. The van der Waals surface area contributed by atoms with Crippen molar-refractivity contribution in [2.24, 2.45) is 5.73 Å². The van der Waals surface area contributed by atoms with Crippen LogP contribution in [0, 0.1) is 0 Å². The van der Waals surface area contributed by atoms with E-state index in [1.54, 1.807) is 18.0 Å². The molecule has 0 amide bonds. The molecule has 1 atom stereocenters. The quantitative estimate of drug-likeness (QED) is 0.938. The van der Waals surface area contributed by atoms with Crippen molar-refractivity contribution < 1.29 is 0 Å². The lowest BCUT2D eigenvalue weighted by Gasteiger charge is -2.06. The number of pyridine rings is 2. The third-order valence-electron chi connectivity index (χ3n) is 2.28. The van der Waals surface area contributed by atoms with Crippen molar-refractivity contribution in [2.75, 3.05) is 0 Å². The Labute approximate surface area is 119 Å². The van der Waals surface area contributed by atoms with Crippen LogP contribution in [0.3, 0.4) is 0 Å². The molecule has 0 aliphatic carbocycles. The van der Waals surface area contributed by atoms with E-state index < -0.39 is 0 Å². The molecule has 94 valence electrons. The fourth-order valence-corrected chi connectivity index (χ4v) is 2.73. The maximum absolute atomic E-state index is 5.76. The van der Waals surface area contributed by atoms with Gasteiger partial charge < -0.3 is 5.73 Å². The van der Waals surface area contributed by atoms with Gasteiger partial charge in [0.25, 0.3) is 0 Å². The minimum Gasteiger partial charge on any atom is -0.328 e. The van der Waals surface area contributed by atoms with Crippen molar-refractivity contribution in [2.45, 2.75) is 29.4 Å². The molecule has 5 heteroatoms. The molecule has 0 radical (unpaired) electrons. The van der Waals surface area contributed by atoms with Gasteiger partial charge in [-0.3, -0.25) is 0 Å². The fraction of sp³-hybridized carbons (Fsp3) is 0.231. The van der Waals surface area contributed by atoms with Gasteiger partial charge in [-0.2, -0.15) is 0 Å². The molecule has 0 aromatic carbocycles. The molecule has 0 aliphatic heterocycles. The highest BCUT2D eigenvalue weighted by Crippen LogP contribution is 2.29. The minimum atomic E-state index is 0.162. The summed E-state index contributed by atoms with van der Waals surface area (Å²) < 4.78 is 0.983. The Hall–Kier alpha value is -0.910. The summed E-state index contributed by atoms with van der Waals surface area (Å²) in [5, 5.41) is 1.85. The maximum atomic E-state index is 5.76. The zero-order valence-electron chi connectivity index (χ0n) is 10.0. The SMILES string of the molecule is CC(N)Cc1ccc(Sc2ncccc2Br)nc1. The third kappa shape index (κ3) is 3.80. The number of aromatic nitrogens is 2. The van der Waals surface area contributed by atoms with E-state index in [4.69, 9.17) is 5.73 Å². The lowest BCUT2D eigenvalue weighted by molar-refractivity contribution is 0.734. The summed E-state index contributed by atoms with van der Waals surface area (Å²) >= 11 is 5.01. The van der Waals surface area contributed by atoms with E-state index in [1.165, 1.54) is 0 Å². The van der Waals surface area contributed by atoms with Crippen molar-refractivity contribution in [1.29, 1.82) is 0 Å². The second kappa shape index (κ2) is 6.31. The Kier molecular flexibility index (Phi) is 4.74. The molecule has 3 nitrogen and oxygen atoms in total. The van der Waals surface area contributed by atoms with Crippen molar-refractivity contribution >= 4 is 27.7 Å². The van der Waals surface area contributed by atoms with Gasteiger partial charge in [0.1, 0.15) is 10.1 Å². The minimum absolute atomic E-state index is 0.162. The molecule has 0 saturated carbocycles. The van der Waals surface area contributed by atoms with Crippen molar-refractivity contribution in [1.82, 2.24) is 9.97 Å². The van der Waals surface area contributed by atoms with Crippen LogP contribution in [0.25, 0.3) is 0 Å². The monoisotopic (exact) mass is 323 g/mol. The highest BCUT2D eigenvalue weighted by Gasteiger charge is 2.05. The zero-order chi connectivity index (χ0) is 13.0. The van der Waals surface area contributed by atoms with Gasteiger partial charge in [-0.25, -0.2) is 9.97 Å². The fourth-order valence-electron chi connectivity index (χ4n) is 1.51. The molecule has 2 N–H and O–H groups in total. The van der Waals surface area contributed by atoms with E-state index in [-0.39, 0.29) is 6.04 Å². The number of nitrogens with two attached hydrogens (primary N) is 1. The highest BCUT2D eigenvalue weighted by atomic mass is 79.9. The molecule has 0 spiro atoms. The molecule has 0 saturated heterocycles. The molecule has 2 heterocycles. The lowest BCUT2D eigenvalue weighted by atomic mass is 10.1. The smallest absolute Gasteiger partial charge is 0.116 e. The Balaban J connectivity index is 2.09. The van der Waals surface area contributed by atoms with Crippen LogP contribution < -0.4 is 5.73 Å². The summed E-state index contributed by atoms with van der Waals surface area (Å²) in [6, 6.07) is 8.10. The van der Waals surface area contributed by atoms with E-state index in [2.05, 4.69) is 32.0 Å². The molecule has 18 heavy (non-hydrogen) atoms. The second-order valence-electron chi connectivity index (χ2n) is 4.08. The average Bonchev–Trinajstić information content (AvgIpc) is 2.34. The molecule has 1 unspecified atom stereocenters.